The quantitative estimate of drug-likeness (QED) is 0.810. The molecule has 0 spiro atoms. The average Bonchev–Trinajstić information content (AvgIpc) is 3.19. The fourth-order valence-corrected chi connectivity index (χ4v) is 2.31. The van der Waals surface area contributed by atoms with Crippen LogP contribution in [0.4, 0.5) is 0 Å². The topological polar surface area (TPSA) is 58.6 Å². The Morgan fingerprint density at radius 2 is 2.14 bits per heavy atom. The van der Waals surface area contributed by atoms with Gasteiger partial charge in [-0.3, -0.25) is 10.1 Å². The standard InChI is InChI=1S/C17H25NO3/c1-11(2)14-8-5-12(3)9-15(14)21-10-17(4,16(19)20)18-13-6-7-13/h5,8-9,11,13,18H,6-7,10H2,1-4H3,(H,19,20). The van der Waals surface area contributed by atoms with E-state index < -0.39 is 11.5 Å². The fourth-order valence-electron chi connectivity index (χ4n) is 2.31. The maximum Gasteiger partial charge on any atom is 0.327 e. The Morgan fingerprint density at radius 1 is 1.48 bits per heavy atom. The summed E-state index contributed by atoms with van der Waals surface area (Å²) in [7, 11) is 0. The molecule has 4 heteroatoms. The highest BCUT2D eigenvalue weighted by Crippen LogP contribution is 2.29. The summed E-state index contributed by atoms with van der Waals surface area (Å²) >= 11 is 0. The number of hydrogen-bond donors (Lipinski definition) is 2. The van der Waals surface area contributed by atoms with Crippen molar-refractivity contribution in [2.75, 3.05) is 6.61 Å². The van der Waals surface area contributed by atoms with Gasteiger partial charge in [0.25, 0.3) is 0 Å². The van der Waals surface area contributed by atoms with Crippen LogP contribution in [0.1, 0.15) is 50.7 Å². The molecule has 1 atom stereocenters. The minimum Gasteiger partial charge on any atom is -0.491 e. The molecule has 21 heavy (non-hydrogen) atoms. The van der Waals surface area contributed by atoms with Crippen molar-refractivity contribution >= 4 is 5.97 Å². The van der Waals surface area contributed by atoms with Gasteiger partial charge < -0.3 is 9.84 Å². The van der Waals surface area contributed by atoms with Gasteiger partial charge in [-0.1, -0.05) is 26.0 Å². The molecule has 0 saturated heterocycles. The third-order valence-electron chi connectivity index (χ3n) is 3.88. The lowest BCUT2D eigenvalue weighted by Gasteiger charge is -2.27. The van der Waals surface area contributed by atoms with Crippen molar-refractivity contribution in [1.29, 1.82) is 0 Å². The van der Waals surface area contributed by atoms with E-state index in [1.54, 1.807) is 6.92 Å². The summed E-state index contributed by atoms with van der Waals surface area (Å²) in [5, 5.41) is 12.7. The number of hydrogen-bond acceptors (Lipinski definition) is 3. The first-order valence-corrected chi connectivity index (χ1v) is 7.56. The first-order chi connectivity index (χ1) is 9.82. The zero-order valence-corrected chi connectivity index (χ0v) is 13.3. The van der Waals surface area contributed by atoms with Crippen molar-refractivity contribution < 1.29 is 14.6 Å². The molecule has 116 valence electrons. The van der Waals surface area contributed by atoms with Crippen LogP contribution in [0, 0.1) is 6.92 Å². The zero-order chi connectivity index (χ0) is 15.6. The molecule has 0 aliphatic heterocycles. The van der Waals surface area contributed by atoms with Crippen LogP contribution < -0.4 is 10.1 Å². The van der Waals surface area contributed by atoms with Crippen LogP contribution in [0.15, 0.2) is 18.2 Å². The highest BCUT2D eigenvalue weighted by atomic mass is 16.5. The lowest BCUT2D eigenvalue weighted by Crippen LogP contribution is -2.54. The number of ether oxygens (including phenoxy) is 1. The molecule has 1 fully saturated rings. The number of nitrogens with one attached hydrogen (secondary N) is 1. The summed E-state index contributed by atoms with van der Waals surface area (Å²) in [6, 6.07) is 6.41. The Bertz CT molecular complexity index is 523. The summed E-state index contributed by atoms with van der Waals surface area (Å²) in [5.41, 5.74) is 1.18. The Kier molecular flexibility index (Phi) is 4.57. The van der Waals surface area contributed by atoms with E-state index in [0.29, 0.717) is 12.0 Å². The maximum absolute atomic E-state index is 11.5. The number of aryl methyl sites for hydroxylation is 1. The highest BCUT2D eigenvalue weighted by molar-refractivity contribution is 5.78. The molecule has 1 unspecified atom stereocenters. The van der Waals surface area contributed by atoms with E-state index in [2.05, 4.69) is 31.3 Å². The second-order valence-electron chi connectivity index (χ2n) is 6.54. The van der Waals surface area contributed by atoms with E-state index >= 15 is 0 Å². The van der Waals surface area contributed by atoms with E-state index in [4.69, 9.17) is 4.74 Å². The summed E-state index contributed by atoms with van der Waals surface area (Å²) in [4.78, 5) is 11.5. The van der Waals surface area contributed by atoms with Gasteiger partial charge in [-0.15, -0.1) is 0 Å². The van der Waals surface area contributed by atoms with Crippen LogP contribution in [0.5, 0.6) is 5.75 Å². The Hall–Kier alpha value is -1.55. The summed E-state index contributed by atoms with van der Waals surface area (Å²) in [6.07, 6.45) is 2.09. The van der Waals surface area contributed by atoms with E-state index in [-0.39, 0.29) is 6.61 Å². The first-order valence-electron chi connectivity index (χ1n) is 7.56. The number of aliphatic carboxylic acids is 1. The van der Waals surface area contributed by atoms with Crippen LogP contribution >= 0.6 is 0 Å². The molecule has 0 radical (unpaired) electrons. The van der Waals surface area contributed by atoms with E-state index in [0.717, 1.165) is 29.7 Å². The number of benzene rings is 1. The molecule has 0 heterocycles. The second-order valence-corrected chi connectivity index (χ2v) is 6.54. The first kappa shape index (κ1) is 15.8. The van der Waals surface area contributed by atoms with Gasteiger partial charge in [0.05, 0.1) is 0 Å². The molecule has 4 nitrogen and oxygen atoms in total. The molecular formula is C17H25NO3. The predicted octanol–water partition coefficient (Wildman–Crippen LogP) is 3.09. The molecular weight excluding hydrogens is 266 g/mol. The number of carboxylic acids is 1. The monoisotopic (exact) mass is 291 g/mol. The summed E-state index contributed by atoms with van der Waals surface area (Å²) in [6.45, 7) is 8.04. The molecule has 0 bridgehead atoms. The van der Waals surface area contributed by atoms with E-state index in [9.17, 15) is 9.90 Å². The minimum atomic E-state index is -1.04. The smallest absolute Gasteiger partial charge is 0.327 e. The van der Waals surface area contributed by atoms with Crippen LogP contribution in [0.2, 0.25) is 0 Å². The van der Waals surface area contributed by atoms with Crippen molar-refractivity contribution in [1.82, 2.24) is 5.32 Å². The largest absolute Gasteiger partial charge is 0.491 e. The van der Waals surface area contributed by atoms with Crippen molar-refractivity contribution in [3.8, 4) is 5.75 Å². The number of carbonyl (C=O) groups is 1. The van der Waals surface area contributed by atoms with Crippen LogP contribution in [0.3, 0.4) is 0 Å². The summed E-state index contributed by atoms with van der Waals surface area (Å²) in [5.74, 6) is 0.260. The van der Waals surface area contributed by atoms with Crippen molar-refractivity contribution in [3.05, 3.63) is 29.3 Å². The Labute approximate surface area is 126 Å². The van der Waals surface area contributed by atoms with Gasteiger partial charge in [0, 0.05) is 6.04 Å². The Balaban J connectivity index is 2.13. The summed E-state index contributed by atoms with van der Waals surface area (Å²) < 4.78 is 5.89. The van der Waals surface area contributed by atoms with Gasteiger partial charge in [-0.25, -0.2) is 0 Å². The molecule has 0 amide bonds. The molecule has 2 rings (SSSR count). The normalized spacial score (nSPS) is 17.6. The maximum atomic E-state index is 11.5. The zero-order valence-electron chi connectivity index (χ0n) is 13.3. The number of carboxylic acid groups (broad SMARTS) is 1. The SMILES string of the molecule is Cc1ccc(C(C)C)c(OCC(C)(NC2CC2)C(=O)O)c1. The van der Waals surface area contributed by atoms with Gasteiger partial charge in [0.15, 0.2) is 0 Å². The van der Waals surface area contributed by atoms with Crippen molar-refractivity contribution in [2.24, 2.45) is 0 Å². The average molecular weight is 291 g/mol. The van der Waals surface area contributed by atoms with Gasteiger partial charge >= 0.3 is 5.97 Å². The highest BCUT2D eigenvalue weighted by Gasteiger charge is 2.39. The fraction of sp³-hybridized carbons (Fsp3) is 0.588. The lowest BCUT2D eigenvalue weighted by atomic mass is 10.00. The Morgan fingerprint density at radius 3 is 2.67 bits per heavy atom. The molecule has 1 aromatic carbocycles. The molecule has 0 aromatic heterocycles. The lowest BCUT2D eigenvalue weighted by molar-refractivity contribution is -0.145. The van der Waals surface area contributed by atoms with E-state index in [1.165, 1.54) is 0 Å². The second kappa shape index (κ2) is 6.06. The van der Waals surface area contributed by atoms with Crippen molar-refractivity contribution in [3.63, 3.8) is 0 Å². The third-order valence-corrected chi connectivity index (χ3v) is 3.88. The van der Waals surface area contributed by atoms with Crippen molar-refractivity contribution in [2.45, 2.75) is 58.0 Å². The van der Waals surface area contributed by atoms with Crippen LogP contribution in [-0.2, 0) is 4.79 Å². The van der Waals surface area contributed by atoms with Gasteiger partial charge in [-0.2, -0.15) is 0 Å². The number of rotatable bonds is 7. The predicted molar refractivity (Wildman–Crippen MR) is 83.0 cm³/mol. The van der Waals surface area contributed by atoms with Crippen LogP contribution in [0.25, 0.3) is 0 Å². The molecule has 1 aliphatic carbocycles. The van der Waals surface area contributed by atoms with Gasteiger partial charge in [0.2, 0.25) is 0 Å². The molecule has 2 N–H and O–H groups in total. The van der Waals surface area contributed by atoms with Gasteiger partial charge in [-0.05, 0) is 49.8 Å². The third kappa shape index (κ3) is 3.97. The molecule has 1 aromatic rings. The van der Waals surface area contributed by atoms with E-state index in [1.807, 2.05) is 13.0 Å². The molecule has 1 saturated carbocycles. The minimum absolute atomic E-state index is 0.127. The molecule has 1 aliphatic rings. The van der Waals surface area contributed by atoms with Gasteiger partial charge in [0.1, 0.15) is 17.9 Å². The van der Waals surface area contributed by atoms with Crippen LogP contribution in [-0.4, -0.2) is 29.3 Å².